The van der Waals surface area contributed by atoms with E-state index >= 15 is 0 Å². The minimum atomic E-state index is -0.849. The summed E-state index contributed by atoms with van der Waals surface area (Å²) >= 11 is 1.48. The fourth-order valence-electron chi connectivity index (χ4n) is 2.37. The van der Waals surface area contributed by atoms with Gasteiger partial charge in [-0.25, -0.2) is 9.59 Å². The van der Waals surface area contributed by atoms with Crippen LogP contribution in [0.5, 0.6) is 5.75 Å². The molecule has 2 aromatic rings. The summed E-state index contributed by atoms with van der Waals surface area (Å²) in [7, 11) is 3.97. The third kappa shape index (κ3) is 3.90. The first kappa shape index (κ1) is 20.3. The number of nitrogens with two attached hydrogens (primary N) is 1. The molecule has 0 unspecified atom stereocenters. The summed E-state index contributed by atoms with van der Waals surface area (Å²) in [5.74, 6) is -1.58. The second-order valence-corrected chi connectivity index (χ2v) is 6.41. The van der Waals surface area contributed by atoms with Gasteiger partial charge in [0.15, 0.2) is 6.61 Å². The summed E-state index contributed by atoms with van der Waals surface area (Å²) in [5, 5.41) is 0. The first-order valence-corrected chi connectivity index (χ1v) is 8.93. The van der Waals surface area contributed by atoms with Gasteiger partial charge in [0.2, 0.25) is 5.78 Å². The molecule has 10 heteroatoms. The maximum Gasteiger partial charge on any atom is 0.342 e. The fraction of sp³-hybridized carbons (Fsp3) is 0.294. The van der Waals surface area contributed by atoms with Gasteiger partial charge in [-0.05, 0) is 24.5 Å². The number of methoxy groups -OCH3 is 1. The molecular formula is C17H19N3O6S. The second-order valence-electron chi connectivity index (χ2n) is 5.53. The molecule has 0 aliphatic heterocycles. The molecule has 0 aliphatic rings. The van der Waals surface area contributed by atoms with Crippen LogP contribution in [0.15, 0.2) is 32.7 Å². The zero-order chi connectivity index (χ0) is 20.3. The Balaban J connectivity index is 2.26. The Morgan fingerprint density at radius 1 is 1.19 bits per heavy atom. The lowest BCUT2D eigenvalue weighted by Gasteiger charge is -2.12. The van der Waals surface area contributed by atoms with Crippen molar-refractivity contribution in [2.45, 2.75) is 4.90 Å². The molecule has 144 valence electrons. The Labute approximate surface area is 158 Å². The van der Waals surface area contributed by atoms with E-state index in [4.69, 9.17) is 15.2 Å². The number of benzene rings is 1. The molecule has 9 nitrogen and oxygen atoms in total. The summed E-state index contributed by atoms with van der Waals surface area (Å²) in [6, 6.07) is 4.91. The number of carbonyl (C=O) groups excluding carboxylic acids is 2. The van der Waals surface area contributed by atoms with Crippen LogP contribution < -0.4 is 21.7 Å². The number of anilines is 1. The van der Waals surface area contributed by atoms with Crippen molar-refractivity contribution in [1.82, 2.24) is 9.13 Å². The predicted octanol–water partition coefficient (Wildman–Crippen LogP) is 0.436. The average molecular weight is 393 g/mol. The van der Waals surface area contributed by atoms with E-state index in [1.165, 1.54) is 39.0 Å². The van der Waals surface area contributed by atoms with Crippen molar-refractivity contribution in [1.29, 1.82) is 0 Å². The van der Waals surface area contributed by atoms with E-state index in [9.17, 15) is 19.2 Å². The SMILES string of the molecule is COc1cc(SC)ccc1C(=O)OCC(=O)c1c(N)n(C)c(=O)n(C)c1=O. The number of carbonyl (C=O) groups is 2. The van der Waals surface area contributed by atoms with E-state index in [-0.39, 0.29) is 11.4 Å². The lowest BCUT2D eigenvalue weighted by molar-refractivity contribution is 0.0471. The monoisotopic (exact) mass is 393 g/mol. The molecule has 2 rings (SSSR count). The largest absolute Gasteiger partial charge is 0.496 e. The third-order valence-corrected chi connectivity index (χ3v) is 4.68. The minimum Gasteiger partial charge on any atom is -0.496 e. The predicted molar refractivity (Wildman–Crippen MR) is 101 cm³/mol. The molecule has 0 aliphatic carbocycles. The van der Waals surface area contributed by atoms with Crippen LogP contribution in [0.25, 0.3) is 0 Å². The highest BCUT2D eigenvalue weighted by atomic mass is 32.2. The van der Waals surface area contributed by atoms with Crippen molar-refractivity contribution in [3.8, 4) is 5.75 Å². The Bertz CT molecular complexity index is 1020. The molecule has 0 fully saturated rings. The van der Waals surface area contributed by atoms with Gasteiger partial charge in [-0.3, -0.25) is 18.7 Å². The number of rotatable bonds is 6. The maximum absolute atomic E-state index is 12.4. The second kappa shape index (κ2) is 8.12. The number of nitrogen functional groups attached to an aromatic ring is 1. The molecule has 0 atom stereocenters. The fourth-order valence-corrected chi connectivity index (χ4v) is 2.80. The minimum absolute atomic E-state index is 0.143. The van der Waals surface area contributed by atoms with E-state index in [1.54, 1.807) is 12.1 Å². The van der Waals surface area contributed by atoms with Crippen LogP contribution in [-0.2, 0) is 18.8 Å². The number of hydrogen-bond acceptors (Lipinski definition) is 8. The quantitative estimate of drug-likeness (QED) is 0.426. The van der Waals surface area contributed by atoms with E-state index < -0.39 is 35.2 Å². The zero-order valence-corrected chi connectivity index (χ0v) is 16.1. The number of aromatic nitrogens is 2. The van der Waals surface area contributed by atoms with Crippen molar-refractivity contribution in [3.05, 3.63) is 50.2 Å². The van der Waals surface area contributed by atoms with Crippen LogP contribution in [-0.4, -0.2) is 40.9 Å². The highest BCUT2D eigenvalue weighted by Gasteiger charge is 2.22. The summed E-state index contributed by atoms with van der Waals surface area (Å²) in [6.45, 7) is -0.704. The van der Waals surface area contributed by atoms with E-state index in [2.05, 4.69) is 0 Å². The van der Waals surface area contributed by atoms with Crippen LogP contribution in [0.2, 0.25) is 0 Å². The molecule has 1 aromatic heterocycles. The Kier molecular flexibility index (Phi) is 6.11. The number of esters is 1. The van der Waals surface area contributed by atoms with Crippen LogP contribution in [0.1, 0.15) is 20.7 Å². The number of ketones is 1. The molecule has 0 bridgehead atoms. The molecule has 2 N–H and O–H groups in total. The lowest BCUT2D eigenvalue weighted by Crippen LogP contribution is -2.42. The molecule has 0 radical (unpaired) electrons. The first-order chi connectivity index (χ1) is 12.7. The molecule has 27 heavy (non-hydrogen) atoms. The first-order valence-electron chi connectivity index (χ1n) is 7.70. The highest BCUT2D eigenvalue weighted by molar-refractivity contribution is 7.98. The molecule has 0 saturated heterocycles. The van der Waals surface area contributed by atoms with Gasteiger partial charge in [-0.2, -0.15) is 0 Å². The van der Waals surface area contributed by atoms with Crippen LogP contribution in [0, 0.1) is 0 Å². The van der Waals surface area contributed by atoms with Crippen molar-refractivity contribution in [2.75, 3.05) is 25.7 Å². The van der Waals surface area contributed by atoms with Crippen molar-refractivity contribution >= 4 is 29.3 Å². The molecule has 1 aromatic carbocycles. The Morgan fingerprint density at radius 2 is 1.85 bits per heavy atom. The number of thioether (sulfide) groups is 1. The highest BCUT2D eigenvalue weighted by Crippen LogP contribution is 2.26. The van der Waals surface area contributed by atoms with Crippen LogP contribution in [0.3, 0.4) is 0 Å². The summed E-state index contributed by atoms with van der Waals surface area (Å²) in [6.07, 6.45) is 1.88. The van der Waals surface area contributed by atoms with Gasteiger partial charge in [-0.1, -0.05) is 0 Å². The van der Waals surface area contributed by atoms with Crippen LogP contribution >= 0.6 is 11.8 Å². The van der Waals surface area contributed by atoms with Crippen molar-refractivity contribution < 1.29 is 19.1 Å². The van der Waals surface area contributed by atoms with Crippen LogP contribution in [0.4, 0.5) is 5.82 Å². The van der Waals surface area contributed by atoms with E-state index in [0.717, 1.165) is 14.0 Å². The molecule has 0 spiro atoms. The number of nitrogens with zero attached hydrogens (tertiary/aromatic N) is 2. The van der Waals surface area contributed by atoms with E-state index in [1.807, 2.05) is 6.26 Å². The van der Waals surface area contributed by atoms with Gasteiger partial charge >= 0.3 is 11.7 Å². The third-order valence-electron chi connectivity index (χ3n) is 3.95. The smallest absolute Gasteiger partial charge is 0.342 e. The topological polar surface area (TPSA) is 123 Å². The number of hydrogen-bond donors (Lipinski definition) is 1. The summed E-state index contributed by atoms with van der Waals surface area (Å²) < 4.78 is 11.9. The molecule has 0 amide bonds. The maximum atomic E-state index is 12.4. The summed E-state index contributed by atoms with van der Waals surface area (Å²) in [5.41, 5.74) is 3.94. The van der Waals surface area contributed by atoms with Gasteiger partial charge in [-0.15, -0.1) is 11.8 Å². The average Bonchev–Trinajstić information content (AvgIpc) is 2.68. The molecular weight excluding hydrogens is 374 g/mol. The van der Waals surface area contributed by atoms with Gasteiger partial charge in [0.1, 0.15) is 22.7 Å². The van der Waals surface area contributed by atoms with Gasteiger partial charge in [0.25, 0.3) is 5.56 Å². The Morgan fingerprint density at radius 3 is 2.44 bits per heavy atom. The number of ether oxygens (including phenoxy) is 2. The van der Waals surface area contributed by atoms with Gasteiger partial charge in [0.05, 0.1) is 7.11 Å². The normalized spacial score (nSPS) is 10.5. The summed E-state index contributed by atoms with van der Waals surface area (Å²) in [4.78, 5) is 49.5. The van der Waals surface area contributed by atoms with Crippen molar-refractivity contribution in [2.24, 2.45) is 14.1 Å². The molecule has 1 heterocycles. The van der Waals surface area contributed by atoms with Gasteiger partial charge in [0, 0.05) is 19.0 Å². The number of Topliss-reactive ketones (excluding diaryl/α,β-unsaturated/α-hetero) is 1. The van der Waals surface area contributed by atoms with Gasteiger partial charge < -0.3 is 15.2 Å². The lowest BCUT2D eigenvalue weighted by atomic mass is 10.2. The van der Waals surface area contributed by atoms with E-state index in [0.29, 0.717) is 5.75 Å². The molecule has 0 saturated carbocycles. The Hall–Kier alpha value is -3.01. The zero-order valence-electron chi connectivity index (χ0n) is 15.3. The van der Waals surface area contributed by atoms with Crippen molar-refractivity contribution in [3.63, 3.8) is 0 Å². The standard InChI is InChI=1S/C17H19N3O6S/c1-19-14(18)13(15(22)20(2)17(19)24)11(21)8-26-16(23)10-6-5-9(27-4)7-12(10)25-3/h5-7H,8,18H2,1-4H3.